The van der Waals surface area contributed by atoms with E-state index < -0.39 is 0 Å². The summed E-state index contributed by atoms with van der Waals surface area (Å²) < 4.78 is 1.89. The van der Waals surface area contributed by atoms with Gasteiger partial charge in [-0.3, -0.25) is 9.48 Å². The van der Waals surface area contributed by atoms with Gasteiger partial charge in [-0.2, -0.15) is 5.10 Å². The Kier molecular flexibility index (Phi) is 3.18. The maximum absolute atomic E-state index is 12.0. The molecule has 0 radical (unpaired) electrons. The number of nitrogens with zero attached hydrogens (tertiary/aromatic N) is 4. The molecule has 104 valence electrons. The number of carbonyl (C=O) groups is 1. The van der Waals surface area contributed by atoms with Gasteiger partial charge in [0.2, 0.25) is 5.91 Å². The van der Waals surface area contributed by atoms with Crippen LogP contribution in [0.1, 0.15) is 18.5 Å². The van der Waals surface area contributed by atoms with Crippen molar-refractivity contribution in [3.63, 3.8) is 0 Å². The molecule has 6 heteroatoms. The van der Waals surface area contributed by atoms with Crippen LogP contribution < -0.4 is 15.1 Å². The van der Waals surface area contributed by atoms with E-state index in [0.29, 0.717) is 6.42 Å². The predicted octanol–water partition coefficient (Wildman–Crippen LogP) is 0.265. The minimum atomic E-state index is 0.229. The van der Waals surface area contributed by atoms with Crippen LogP contribution in [0.2, 0.25) is 0 Å². The highest BCUT2D eigenvalue weighted by Crippen LogP contribution is 2.34. The number of rotatable bonds is 2. The van der Waals surface area contributed by atoms with Crippen molar-refractivity contribution < 1.29 is 4.79 Å². The zero-order valence-electron chi connectivity index (χ0n) is 11.6. The van der Waals surface area contributed by atoms with Crippen molar-refractivity contribution in [2.45, 2.75) is 19.8 Å². The van der Waals surface area contributed by atoms with Crippen LogP contribution in [-0.4, -0.2) is 48.4 Å². The monoisotopic (exact) mass is 263 g/mol. The molecule has 0 atom stereocenters. The van der Waals surface area contributed by atoms with E-state index in [1.54, 1.807) is 0 Å². The van der Waals surface area contributed by atoms with Gasteiger partial charge in [0.05, 0.1) is 5.69 Å². The summed E-state index contributed by atoms with van der Waals surface area (Å²) in [5, 5.41) is 7.98. The first-order chi connectivity index (χ1) is 9.18. The number of hydrogen-bond acceptors (Lipinski definition) is 4. The van der Waals surface area contributed by atoms with Gasteiger partial charge in [0.15, 0.2) is 5.82 Å². The van der Waals surface area contributed by atoms with Crippen molar-refractivity contribution in [1.29, 1.82) is 0 Å². The maximum Gasteiger partial charge on any atom is 0.227 e. The molecule has 19 heavy (non-hydrogen) atoms. The highest BCUT2D eigenvalue weighted by Gasteiger charge is 2.30. The van der Waals surface area contributed by atoms with E-state index in [0.717, 1.165) is 56.3 Å². The zero-order chi connectivity index (χ0) is 13.4. The van der Waals surface area contributed by atoms with E-state index in [4.69, 9.17) is 0 Å². The van der Waals surface area contributed by atoms with E-state index in [-0.39, 0.29) is 5.91 Å². The van der Waals surface area contributed by atoms with E-state index in [1.165, 1.54) is 0 Å². The molecule has 3 heterocycles. The molecule has 0 spiro atoms. The number of piperazine rings is 1. The van der Waals surface area contributed by atoms with E-state index in [2.05, 4.69) is 15.3 Å². The molecule has 2 fully saturated rings. The number of aromatic nitrogens is 2. The summed E-state index contributed by atoms with van der Waals surface area (Å²) in [6, 6.07) is 0. The zero-order valence-corrected chi connectivity index (χ0v) is 11.6. The molecule has 1 amide bonds. The first-order valence-corrected chi connectivity index (χ1v) is 6.98. The molecule has 3 rings (SSSR count). The van der Waals surface area contributed by atoms with E-state index >= 15 is 0 Å². The van der Waals surface area contributed by atoms with Gasteiger partial charge in [-0.1, -0.05) is 0 Å². The lowest BCUT2D eigenvalue weighted by molar-refractivity contribution is -0.117. The minimum Gasteiger partial charge on any atom is -0.351 e. The summed E-state index contributed by atoms with van der Waals surface area (Å²) in [5.74, 6) is 1.20. The van der Waals surface area contributed by atoms with Crippen LogP contribution in [0.15, 0.2) is 0 Å². The third kappa shape index (κ3) is 2.10. The number of carbonyl (C=O) groups excluding carboxylic acids is 1. The van der Waals surface area contributed by atoms with Crippen LogP contribution in [0.5, 0.6) is 0 Å². The molecule has 1 aromatic rings. The SMILES string of the molecule is Cc1c(N2CCCC2=O)c(N2CCNCC2)nn1C. The molecule has 0 aliphatic carbocycles. The third-order valence-corrected chi connectivity index (χ3v) is 4.04. The minimum absolute atomic E-state index is 0.229. The van der Waals surface area contributed by atoms with E-state index in [9.17, 15) is 4.79 Å². The van der Waals surface area contributed by atoms with Gasteiger partial charge in [-0.05, 0) is 13.3 Å². The Labute approximate surface area is 113 Å². The molecular weight excluding hydrogens is 242 g/mol. The molecule has 2 saturated heterocycles. The predicted molar refractivity (Wildman–Crippen MR) is 74.6 cm³/mol. The molecule has 1 aromatic heterocycles. The first-order valence-electron chi connectivity index (χ1n) is 6.98. The molecule has 0 aromatic carbocycles. The van der Waals surface area contributed by atoms with Crippen LogP contribution in [0.25, 0.3) is 0 Å². The lowest BCUT2D eigenvalue weighted by atomic mass is 10.3. The third-order valence-electron chi connectivity index (χ3n) is 4.04. The molecule has 0 bridgehead atoms. The first kappa shape index (κ1) is 12.5. The van der Waals surface area contributed by atoms with Crippen molar-refractivity contribution >= 4 is 17.4 Å². The number of amides is 1. The molecular formula is C13H21N5O. The smallest absolute Gasteiger partial charge is 0.227 e. The molecule has 6 nitrogen and oxygen atoms in total. The Morgan fingerprint density at radius 2 is 1.95 bits per heavy atom. The van der Waals surface area contributed by atoms with Gasteiger partial charge in [0.25, 0.3) is 0 Å². The highest BCUT2D eigenvalue weighted by molar-refractivity contribution is 5.98. The fourth-order valence-electron chi connectivity index (χ4n) is 2.87. The fourth-order valence-corrected chi connectivity index (χ4v) is 2.87. The topological polar surface area (TPSA) is 53.4 Å². The lowest BCUT2D eigenvalue weighted by Crippen LogP contribution is -2.44. The molecule has 2 aliphatic rings. The van der Waals surface area contributed by atoms with Gasteiger partial charge in [-0.15, -0.1) is 0 Å². The second kappa shape index (κ2) is 4.85. The lowest BCUT2D eigenvalue weighted by Gasteiger charge is -2.29. The van der Waals surface area contributed by atoms with Crippen molar-refractivity contribution in [2.75, 3.05) is 42.5 Å². The Morgan fingerprint density at radius 3 is 2.58 bits per heavy atom. The van der Waals surface area contributed by atoms with Crippen molar-refractivity contribution in [3.8, 4) is 0 Å². The Balaban J connectivity index is 1.99. The van der Waals surface area contributed by atoms with Crippen LogP contribution >= 0.6 is 0 Å². The van der Waals surface area contributed by atoms with Crippen molar-refractivity contribution in [2.24, 2.45) is 7.05 Å². The van der Waals surface area contributed by atoms with Crippen LogP contribution in [0.3, 0.4) is 0 Å². The quantitative estimate of drug-likeness (QED) is 0.832. The fraction of sp³-hybridized carbons (Fsp3) is 0.692. The summed E-state index contributed by atoms with van der Waals surface area (Å²) >= 11 is 0. The summed E-state index contributed by atoms with van der Waals surface area (Å²) in [6.07, 6.45) is 1.61. The van der Waals surface area contributed by atoms with Gasteiger partial charge >= 0.3 is 0 Å². The van der Waals surface area contributed by atoms with Crippen LogP contribution in [-0.2, 0) is 11.8 Å². The number of anilines is 2. The normalized spacial score (nSPS) is 20.4. The van der Waals surface area contributed by atoms with Gasteiger partial charge in [0, 0.05) is 46.2 Å². The highest BCUT2D eigenvalue weighted by atomic mass is 16.2. The average Bonchev–Trinajstić information content (AvgIpc) is 2.96. The Bertz CT molecular complexity index is 489. The van der Waals surface area contributed by atoms with Crippen LogP contribution in [0, 0.1) is 6.92 Å². The number of nitrogens with one attached hydrogen (secondary N) is 1. The maximum atomic E-state index is 12.0. The average molecular weight is 263 g/mol. The van der Waals surface area contributed by atoms with Crippen LogP contribution in [0.4, 0.5) is 11.5 Å². The van der Waals surface area contributed by atoms with Gasteiger partial charge in [0.1, 0.15) is 5.69 Å². The Hall–Kier alpha value is -1.56. The molecule has 1 N–H and O–H groups in total. The summed E-state index contributed by atoms with van der Waals surface area (Å²) in [7, 11) is 1.95. The number of hydrogen-bond donors (Lipinski definition) is 1. The standard InChI is InChI=1S/C13H21N5O/c1-10-12(18-7-3-4-11(18)19)13(15-16(10)2)17-8-5-14-6-9-17/h14H,3-9H2,1-2H3. The number of aryl methyl sites for hydroxylation is 1. The van der Waals surface area contributed by atoms with Gasteiger partial charge in [-0.25, -0.2) is 0 Å². The Morgan fingerprint density at radius 1 is 1.21 bits per heavy atom. The van der Waals surface area contributed by atoms with Crippen molar-refractivity contribution in [3.05, 3.63) is 5.69 Å². The van der Waals surface area contributed by atoms with Crippen molar-refractivity contribution in [1.82, 2.24) is 15.1 Å². The summed E-state index contributed by atoms with van der Waals surface area (Å²) in [6.45, 7) is 6.72. The molecule has 0 saturated carbocycles. The summed E-state index contributed by atoms with van der Waals surface area (Å²) in [5.41, 5.74) is 2.09. The summed E-state index contributed by atoms with van der Waals surface area (Å²) in [4.78, 5) is 16.2. The largest absolute Gasteiger partial charge is 0.351 e. The molecule has 2 aliphatic heterocycles. The van der Waals surface area contributed by atoms with E-state index in [1.807, 2.05) is 23.6 Å². The van der Waals surface area contributed by atoms with Gasteiger partial charge < -0.3 is 15.1 Å². The molecule has 0 unspecified atom stereocenters. The second-order valence-electron chi connectivity index (χ2n) is 5.27. The second-order valence-corrected chi connectivity index (χ2v) is 5.27.